The number of halogens is 3. The molecule has 1 saturated heterocycles. The summed E-state index contributed by atoms with van der Waals surface area (Å²) < 4.78 is 19.0. The van der Waals surface area contributed by atoms with Crippen molar-refractivity contribution >= 4 is 41.5 Å². The Balaban J connectivity index is 0.00000280. The zero-order valence-corrected chi connectivity index (χ0v) is 19.2. The lowest BCUT2D eigenvalue weighted by atomic mass is 10.1. The molecule has 0 atom stereocenters. The summed E-state index contributed by atoms with van der Waals surface area (Å²) in [5.74, 6) is 1.40. The topological polar surface area (TPSA) is 56.9 Å². The third kappa shape index (κ3) is 6.05. The molecule has 1 N–H and O–H groups in total. The van der Waals surface area contributed by atoms with Gasteiger partial charge < -0.3 is 14.7 Å². The van der Waals surface area contributed by atoms with Gasteiger partial charge in [-0.1, -0.05) is 22.8 Å². The Kier molecular flexibility index (Phi) is 8.97. The molecule has 1 fully saturated rings. The summed E-state index contributed by atoms with van der Waals surface area (Å²) in [6.45, 7) is 6.86. The molecule has 2 heterocycles. The smallest absolute Gasteiger partial charge is 0.193 e. The number of guanidine groups is 1. The van der Waals surface area contributed by atoms with E-state index in [2.05, 4.69) is 25.3 Å². The van der Waals surface area contributed by atoms with E-state index in [4.69, 9.17) is 16.1 Å². The highest BCUT2D eigenvalue weighted by atomic mass is 127. The fourth-order valence-corrected chi connectivity index (χ4v) is 3.50. The SMILES string of the molecule is CN=C(NCCc1c(F)cccc1Cl)N1CCN(Cc2cc(C)on2)CC1.I. The van der Waals surface area contributed by atoms with Crippen LogP contribution in [0.4, 0.5) is 4.39 Å². The Bertz CT molecular complexity index is 772. The predicted octanol–water partition coefficient (Wildman–Crippen LogP) is 3.33. The van der Waals surface area contributed by atoms with Crippen molar-refractivity contribution in [3.05, 3.63) is 52.1 Å². The van der Waals surface area contributed by atoms with Crippen LogP contribution in [-0.2, 0) is 13.0 Å². The number of aromatic nitrogens is 1. The molecule has 0 amide bonds. The van der Waals surface area contributed by atoms with Gasteiger partial charge in [0.15, 0.2) is 5.96 Å². The highest BCUT2D eigenvalue weighted by molar-refractivity contribution is 14.0. The molecule has 0 aliphatic carbocycles. The Morgan fingerprint density at radius 3 is 2.68 bits per heavy atom. The summed E-state index contributed by atoms with van der Waals surface area (Å²) >= 11 is 6.09. The molecule has 6 nitrogen and oxygen atoms in total. The maximum atomic E-state index is 13.9. The lowest BCUT2D eigenvalue weighted by Gasteiger charge is -2.36. The van der Waals surface area contributed by atoms with Crippen LogP contribution in [0.15, 0.2) is 33.8 Å². The van der Waals surface area contributed by atoms with Crippen molar-refractivity contribution < 1.29 is 8.91 Å². The van der Waals surface area contributed by atoms with Gasteiger partial charge in [-0.05, 0) is 25.5 Å². The predicted molar refractivity (Wildman–Crippen MR) is 120 cm³/mol. The van der Waals surface area contributed by atoms with E-state index in [9.17, 15) is 4.39 Å². The zero-order valence-electron chi connectivity index (χ0n) is 16.1. The fourth-order valence-electron chi connectivity index (χ4n) is 3.24. The highest BCUT2D eigenvalue weighted by Crippen LogP contribution is 2.19. The molecular formula is C19H26ClFIN5O. The average Bonchev–Trinajstić information content (AvgIpc) is 3.06. The molecule has 3 rings (SSSR count). The Morgan fingerprint density at radius 2 is 2.07 bits per heavy atom. The minimum Gasteiger partial charge on any atom is -0.361 e. The number of aryl methyl sites for hydroxylation is 1. The third-order valence-corrected chi connectivity index (χ3v) is 5.02. The van der Waals surface area contributed by atoms with Crippen LogP contribution in [0.3, 0.4) is 0 Å². The maximum Gasteiger partial charge on any atom is 0.193 e. The lowest BCUT2D eigenvalue weighted by molar-refractivity contribution is 0.169. The number of rotatable bonds is 5. The molecule has 9 heteroatoms. The number of hydrogen-bond donors (Lipinski definition) is 1. The van der Waals surface area contributed by atoms with Gasteiger partial charge in [0.2, 0.25) is 0 Å². The first-order chi connectivity index (χ1) is 13.1. The van der Waals surface area contributed by atoms with E-state index in [1.165, 1.54) is 6.07 Å². The van der Waals surface area contributed by atoms with Crippen molar-refractivity contribution in [2.24, 2.45) is 4.99 Å². The Morgan fingerprint density at radius 1 is 1.32 bits per heavy atom. The third-order valence-electron chi connectivity index (χ3n) is 4.67. The van der Waals surface area contributed by atoms with E-state index in [0.717, 1.165) is 50.1 Å². The van der Waals surface area contributed by atoms with Crippen LogP contribution in [-0.4, -0.2) is 60.7 Å². The molecule has 1 aromatic heterocycles. The van der Waals surface area contributed by atoms with Gasteiger partial charge in [-0.2, -0.15) is 0 Å². The second kappa shape index (κ2) is 11.0. The summed E-state index contributed by atoms with van der Waals surface area (Å²) in [7, 11) is 1.77. The lowest BCUT2D eigenvalue weighted by Crippen LogP contribution is -2.52. The molecule has 0 radical (unpaired) electrons. The van der Waals surface area contributed by atoms with Crippen LogP contribution in [0.5, 0.6) is 0 Å². The van der Waals surface area contributed by atoms with Crippen LogP contribution in [0.2, 0.25) is 5.02 Å². The molecule has 0 spiro atoms. The van der Waals surface area contributed by atoms with Crippen molar-refractivity contribution in [2.45, 2.75) is 19.9 Å². The average molecular weight is 522 g/mol. The van der Waals surface area contributed by atoms with E-state index in [1.54, 1.807) is 19.2 Å². The number of nitrogens with zero attached hydrogens (tertiary/aromatic N) is 4. The summed E-state index contributed by atoms with van der Waals surface area (Å²) in [4.78, 5) is 8.92. The highest BCUT2D eigenvalue weighted by Gasteiger charge is 2.20. The molecule has 154 valence electrons. The molecular weight excluding hydrogens is 496 g/mol. The van der Waals surface area contributed by atoms with E-state index in [1.807, 2.05) is 13.0 Å². The fraction of sp³-hybridized carbons (Fsp3) is 0.474. The first-order valence-corrected chi connectivity index (χ1v) is 9.47. The zero-order chi connectivity index (χ0) is 19.2. The minimum atomic E-state index is -0.268. The van der Waals surface area contributed by atoms with Crippen LogP contribution in [0, 0.1) is 12.7 Å². The number of aliphatic imine (C=N–C) groups is 1. The van der Waals surface area contributed by atoms with Crippen molar-refractivity contribution in [3.63, 3.8) is 0 Å². The number of benzene rings is 1. The minimum absolute atomic E-state index is 0. The Hall–Kier alpha value is -1.39. The van der Waals surface area contributed by atoms with Crippen molar-refractivity contribution in [3.8, 4) is 0 Å². The monoisotopic (exact) mass is 521 g/mol. The normalized spacial score (nSPS) is 15.4. The van der Waals surface area contributed by atoms with Gasteiger partial charge in [-0.25, -0.2) is 4.39 Å². The number of nitrogens with one attached hydrogen (secondary N) is 1. The molecule has 0 unspecified atom stereocenters. The standard InChI is InChI=1S/C19H25ClFN5O.HI/c1-14-12-15(24-27-14)13-25-8-10-26(11-9-25)19(22-2)23-7-6-16-17(20)4-3-5-18(16)21;/h3-5,12H,6-11,13H2,1-2H3,(H,22,23);1H. The molecule has 1 aliphatic rings. The first-order valence-electron chi connectivity index (χ1n) is 9.10. The van der Waals surface area contributed by atoms with E-state index in [-0.39, 0.29) is 29.8 Å². The second-order valence-corrected chi connectivity index (χ2v) is 7.02. The van der Waals surface area contributed by atoms with Gasteiger partial charge in [0, 0.05) is 63.0 Å². The van der Waals surface area contributed by atoms with Gasteiger partial charge >= 0.3 is 0 Å². The van der Waals surface area contributed by atoms with E-state index in [0.29, 0.717) is 23.6 Å². The van der Waals surface area contributed by atoms with Gasteiger partial charge in [0.25, 0.3) is 0 Å². The van der Waals surface area contributed by atoms with Crippen LogP contribution in [0.1, 0.15) is 17.0 Å². The maximum absolute atomic E-state index is 13.9. The first kappa shape index (κ1) is 22.9. The second-order valence-electron chi connectivity index (χ2n) is 6.62. The summed E-state index contributed by atoms with van der Waals surface area (Å²) in [5.41, 5.74) is 1.50. The van der Waals surface area contributed by atoms with Gasteiger partial charge in [0.05, 0.1) is 5.69 Å². The molecule has 0 saturated carbocycles. The molecule has 1 aliphatic heterocycles. The van der Waals surface area contributed by atoms with Gasteiger partial charge in [-0.3, -0.25) is 9.89 Å². The van der Waals surface area contributed by atoms with Crippen LogP contribution in [0.25, 0.3) is 0 Å². The van der Waals surface area contributed by atoms with Crippen LogP contribution < -0.4 is 5.32 Å². The number of hydrogen-bond acceptors (Lipinski definition) is 4. The molecule has 0 bridgehead atoms. The Labute approximate surface area is 187 Å². The van der Waals surface area contributed by atoms with Crippen molar-refractivity contribution in [1.82, 2.24) is 20.3 Å². The van der Waals surface area contributed by atoms with Gasteiger partial charge in [0.1, 0.15) is 11.6 Å². The van der Waals surface area contributed by atoms with Crippen molar-refractivity contribution in [1.29, 1.82) is 0 Å². The molecule has 1 aromatic carbocycles. The summed E-state index contributed by atoms with van der Waals surface area (Å²) in [5, 5.41) is 7.83. The van der Waals surface area contributed by atoms with Crippen molar-refractivity contribution in [2.75, 3.05) is 39.8 Å². The van der Waals surface area contributed by atoms with Crippen LogP contribution >= 0.6 is 35.6 Å². The molecule has 2 aromatic rings. The largest absolute Gasteiger partial charge is 0.361 e. The van der Waals surface area contributed by atoms with Gasteiger partial charge in [-0.15, -0.1) is 24.0 Å². The summed E-state index contributed by atoms with van der Waals surface area (Å²) in [6, 6.07) is 6.74. The quantitative estimate of drug-likeness (QED) is 0.372. The van der Waals surface area contributed by atoms with E-state index >= 15 is 0 Å². The number of piperazine rings is 1. The van der Waals surface area contributed by atoms with E-state index < -0.39 is 0 Å². The molecule has 28 heavy (non-hydrogen) atoms. The summed E-state index contributed by atoms with van der Waals surface area (Å²) in [6.07, 6.45) is 0.510.